The Hall–Kier alpha value is -2.59. The molecule has 158 valence electrons. The first-order valence-electron chi connectivity index (χ1n) is 9.66. The van der Waals surface area contributed by atoms with Crippen molar-refractivity contribution in [3.05, 3.63) is 45.7 Å². The van der Waals surface area contributed by atoms with E-state index in [1.807, 2.05) is 6.92 Å². The predicted molar refractivity (Wildman–Crippen MR) is 113 cm³/mol. The number of fused-ring (bicyclic) bond motifs is 1. The van der Waals surface area contributed by atoms with Gasteiger partial charge in [0.1, 0.15) is 5.52 Å². The summed E-state index contributed by atoms with van der Waals surface area (Å²) in [5.41, 5.74) is 1.33. The average molecular weight is 449 g/mol. The zero-order chi connectivity index (χ0) is 21.5. The Morgan fingerprint density at radius 3 is 2.63 bits per heavy atom. The molecule has 1 N–H and O–H groups in total. The van der Waals surface area contributed by atoms with Crippen LogP contribution in [-0.2, 0) is 16.4 Å². The van der Waals surface area contributed by atoms with Gasteiger partial charge >= 0.3 is 0 Å². The average Bonchev–Trinajstić information content (AvgIpc) is 3.58. The highest BCUT2D eigenvalue weighted by molar-refractivity contribution is 7.91. The van der Waals surface area contributed by atoms with E-state index in [4.69, 9.17) is 11.6 Å². The van der Waals surface area contributed by atoms with Crippen molar-refractivity contribution in [2.24, 2.45) is 5.92 Å². The maximum atomic E-state index is 13.2. The van der Waals surface area contributed by atoms with Crippen LogP contribution in [0.2, 0.25) is 5.28 Å². The summed E-state index contributed by atoms with van der Waals surface area (Å²) in [6, 6.07) is 3.10. The molecule has 3 aromatic heterocycles. The first kappa shape index (κ1) is 20.7. The second kappa shape index (κ2) is 7.92. The molecule has 11 heteroatoms. The van der Waals surface area contributed by atoms with E-state index in [1.165, 1.54) is 18.5 Å². The van der Waals surface area contributed by atoms with Crippen LogP contribution in [0.5, 0.6) is 0 Å². The molecular weight excluding hydrogens is 428 g/mol. The summed E-state index contributed by atoms with van der Waals surface area (Å²) in [6.45, 7) is 3.83. The Bertz CT molecular complexity index is 1260. The molecule has 0 amide bonds. The highest BCUT2D eigenvalue weighted by Crippen LogP contribution is 2.39. The van der Waals surface area contributed by atoms with E-state index in [-0.39, 0.29) is 40.0 Å². The molecule has 0 spiro atoms. The Morgan fingerprint density at radius 1 is 1.23 bits per heavy atom. The highest BCUT2D eigenvalue weighted by Gasteiger charge is 2.31. The van der Waals surface area contributed by atoms with Crippen LogP contribution in [-0.4, -0.2) is 38.7 Å². The summed E-state index contributed by atoms with van der Waals surface area (Å²) in [6.07, 6.45) is 5.11. The van der Waals surface area contributed by atoms with Gasteiger partial charge in [0.25, 0.3) is 5.56 Å². The summed E-state index contributed by atoms with van der Waals surface area (Å²) in [4.78, 5) is 29.8. The van der Waals surface area contributed by atoms with Crippen LogP contribution in [0.3, 0.4) is 0 Å². The van der Waals surface area contributed by atoms with Crippen molar-refractivity contribution < 1.29 is 8.42 Å². The predicted octanol–water partition coefficient (Wildman–Crippen LogP) is 2.61. The topological polar surface area (TPSA) is 120 Å². The van der Waals surface area contributed by atoms with Gasteiger partial charge < -0.3 is 5.32 Å². The summed E-state index contributed by atoms with van der Waals surface area (Å²) in [5.74, 6) is 0.585. The van der Waals surface area contributed by atoms with Gasteiger partial charge in [-0.2, -0.15) is 4.98 Å². The lowest BCUT2D eigenvalue weighted by Gasteiger charge is -2.18. The summed E-state index contributed by atoms with van der Waals surface area (Å²) in [7, 11) is -3.36. The fourth-order valence-corrected chi connectivity index (χ4v) is 4.21. The zero-order valence-corrected chi connectivity index (χ0v) is 18.1. The van der Waals surface area contributed by atoms with E-state index in [0.29, 0.717) is 17.1 Å². The zero-order valence-electron chi connectivity index (χ0n) is 16.5. The monoisotopic (exact) mass is 448 g/mol. The lowest BCUT2D eigenvalue weighted by molar-refractivity contribution is 0.482. The van der Waals surface area contributed by atoms with Crippen molar-refractivity contribution in [3.8, 4) is 0 Å². The molecule has 0 bridgehead atoms. The van der Waals surface area contributed by atoms with Crippen molar-refractivity contribution in [2.45, 2.75) is 44.3 Å². The van der Waals surface area contributed by atoms with Crippen LogP contribution in [0.1, 0.15) is 38.3 Å². The van der Waals surface area contributed by atoms with Crippen molar-refractivity contribution in [1.82, 2.24) is 24.5 Å². The number of nitrogens with zero attached hydrogens (tertiary/aromatic N) is 5. The standard InChI is InChI=1S/C19H21ClN6O3S/c1-3-30(28,29)15-7-4-12(8-21-15)9-22-16-18(27)26(11(2)13-5-6-13)17-14(24-16)10-23-19(20)25-17/h4,7-8,10-11,13H,3,5-6,9H2,1-2H3,(H,22,24)/t11-/m0/s1. The second-order valence-corrected chi connectivity index (χ2v) is 9.89. The molecule has 0 aromatic carbocycles. The molecule has 1 atom stereocenters. The Kier molecular flexibility index (Phi) is 5.46. The third kappa shape index (κ3) is 4.01. The molecule has 1 aliphatic carbocycles. The van der Waals surface area contributed by atoms with Gasteiger partial charge in [-0.25, -0.2) is 23.4 Å². The molecule has 0 saturated heterocycles. The fourth-order valence-electron chi connectivity index (χ4n) is 3.30. The van der Waals surface area contributed by atoms with E-state index in [0.717, 1.165) is 18.4 Å². The molecule has 0 unspecified atom stereocenters. The number of hydrogen-bond donors (Lipinski definition) is 1. The van der Waals surface area contributed by atoms with Crippen molar-refractivity contribution in [2.75, 3.05) is 11.1 Å². The quantitative estimate of drug-likeness (QED) is 0.547. The van der Waals surface area contributed by atoms with Crippen molar-refractivity contribution >= 4 is 38.4 Å². The third-order valence-corrected chi connectivity index (χ3v) is 7.09. The van der Waals surface area contributed by atoms with Crippen molar-refractivity contribution in [1.29, 1.82) is 0 Å². The Morgan fingerprint density at radius 2 is 2.00 bits per heavy atom. The molecule has 1 saturated carbocycles. The van der Waals surface area contributed by atoms with Crippen LogP contribution in [0, 0.1) is 5.92 Å². The van der Waals surface area contributed by atoms with Crippen LogP contribution >= 0.6 is 11.6 Å². The van der Waals surface area contributed by atoms with E-state index < -0.39 is 9.84 Å². The number of nitrogens with one attached hydrogen (secondary N) is 1. The summed E-state index contributed by atoms with van der Waals surface area (Å²) < 4.78 is 25.4. The summed E-state index contributed by atoms with van der Waals surface area (Å²) in [5, 5.41) is 3.14. The highest BCUT2D eigenvalue weighted by atomic mass is 35.5. The lowest BCUT2D eigenvalue weighted by atomic mass is 10.2. The van der Waals surface area contributed by atoms with Crippen molar-refractivity contribution in [3.63, 3.8) is 0 Å². The molecule has 0 aliphatic heterocycles. The van der Waals surface area contributed by atoms with Crippen LogP contribution in [0.15, 0.2) is 34.3 Å². The van der Waals surface area contributed by atoms with Gasteiger partial charge in [0.05, 0.1) is 11.9 Å². The lowest BCUT2D eigenvalue weighted by Crippen LogP contribution is -2.29. The fraction of sp³-hybridized carbons (Fsp3) is 0.421. The number of pyridine rings is 1. The normalized spacial score (nSPS) is 15.3. The number of sulfone groups is 1. The molecule has 1 aliphatic rings. The molecule has 0 radical (unpaired) electrons. The van der Waals surface area contributed by atoms with Crippen LogP contribution < -0.4 is 10.9 Å². The third-order valence-electron chi connectivity index (χ3n) is 5.27. The van der Waals surface area contributed by atoms with Gasteiger partial charge in [-0.15, -0.1) is 0 Å². The van der Waals surface area contributed by atoms with E-state index in [1.54, 1.807) is 17.6 Å². The van der Waals surface area contributed by atoms with Crippen LogP contribution in [0.4, 0.5) is 5.82 Å². The molecule has 3 heterocycles. The molecule has 4 rings (SSSR count). The number of anilines is 1. The molecule has 9 nitrogen and oxygen atoms in total. The number of hydrogen-bond acceptors (Lipinski definition) is 8. The molecular formula is C19H21ClN6O3S. The first-order valence-corrected chi connectivity index (χ1v) is 11.7. The largest absolute Gasteiger partial charge is 0.361 e. The minimum Gasteiger partial charge on any atom is -0.361 e. The molecule has 1 fully saturated rings. The first-order chi connectivity index (χ1) is 14.3. The van der Waals surface area contributed by atoms with Gasteiger partial charge in [0.2, 0.25) is 5.28 Å². The number of rotatable bonds is 7. The Labute approximate surface area is 178 Å². The molecule has 30 heavy (non-hydrogen) atoms. The van der Waals surface area contributed by atoms with E-state index in [2.05, 4.69) is 25.3 Å². The van der Waals surface area contributed by atoms with E-state index in [9.17, 15) is 13.2 Å². The van der Waals surface area contributed by atoms with Crippen LogP contribution in [0.25, 0.3) is 11.2 Å². The number of aromatic nitrogens is 5. The maximum Gasteiger partial charge on any atom is 0.295 e. The smallest absolute Gasteiger partial charge is 0.295 e. The van der Waals surface area contributed by atoms with Gasteiger partial charge in [-0.05, 0) is 48.9 Å². The maximum absolute atomic E-state index is 13.2. The minimum absolute atomic E-state index is 0.0105. The minimum atomic E-state index is -3.36. The SMILES string of the molecule is CCS(=O)(=O)c1ccc(CNc2nc3cnc(Cl)nc3n([C@@H](C)C3CC3)c2=O)cn1. The van der Waals surface area contributed by atoms with Gasteiger partial charge in [0, 0.05) is 18.8 Å². The van der Waals surface area contributed by atoms with Gasteiger partial charge in [-0.3, -0.25) is 9.36 Å². The van der Waals surface area contributed by atoms with Gasteiger partial charge in [0.15, 0.2) is 26.3 Å². The van der Waals surface area contributed by atoms with Gasteiger partial charge in [-0.1, -0.05) is 13.0 Å². The second-order valence-electron chi connectivity index (χ2n) is 7.32. The number of halogens is 1. The summed E-state index contributed by atoms with van der Waals surface area (Å²) >= 11 is 5.95. The Balaban J connectivity index is 1.65. The molecule has 3 aromatic rings. The van der Waals surface area contributed by atoms with E-state index >= 15 is 0 Å².